The number of rotatable bonds is 16. The third-order valence-electron chi connectivity index (χ3n) is 6.23. The topological polar surface area (TPSA) is 9.23 Å². The van der Waals surface area contributed by atoms with Crippen molar-refractivity contribution in [2.75, 3.05) is 0 Å². The first-order valence-electron chi connectivity index (χ1n) is 12.4. The number of hydrogen-bond acceptors (Lipinski definition) is 1. The maximum atomic E-state index is 6.58. The number of hydrogen-bond donors (Lipinski definition) is 0. The highest BCUT2D eigenvalue weighted by molar-refractivity contribution is 6.74. The van der Waals surface area contributed by atoms with Crippen LogP contribution >= 0.6 is 0 Å². The second-order valence-corrected chi connectivity index (χ2v) is 14.9. The third-order valence-corrected chi connectivity index (χ3v) is 10.7. The van der Waals surface area contributed by atoms with Crippen LogP contribution < -0.4 is 0 Å². The molecule has 0 radical (unpaired) electrons. The van der Waals surface area contributed by atoms with Crippen molar-refractivity contribution in [3.8, 4) is 11.8 Å². The van der Waals surface area contributed by atoms with Crippen molar-refractivity contribution < 1.29 is 4.43 Å². The van der Waals surface area contributed by atoms with Crippen LogP contribution in [0, 0.1) is 11.8 Å². The van der Waals surface area contributed by atoms with E-state index in [1.807, 2.05) is 0 Å². The smallest absolute Gasteiger partial charge is 0.193 e. The Kier molecular flexibility index (Phi) is 16.4. The summed E-state index contributed by atoms with van der Waals surface area (Å²) in [5.74, 6) is 6.93. The van der Waals surface area contributed by atoms with E-state index >= 15 is 0 Å². The van der Waals surface area contributed by atoms with E-state index in [1.54, 1.807) is 0 Å². The van der Waals surface area contributed by atoms with Gasteiger partial charge in [0.15, 0.2) is 8.32 Å². The van der Waals surface area contributed by atoms with Crippen LogP contribution in [0.2, 0.25) is 18.1 Å². The molecule has 1 nitrogen and oxygen atoms in total. The van der Waals surface area contributed by atoms with Crippen LogP contribution in [0.4, 0.5) is 0 Å². The first-order valence-corrected chi connectivity index (χ1v) is 15.3. The SMILES string of the molecule is CCCCCCCCCCCCCC#C[C@@H](CCCC)O[Si](C)(C)C(C)(C)C. The van der Waals surface area contributed by atoms with E-state index in [0.717, 1.165) is 12.8 Å². The van der Waals surface area contributed by atoms with Crippen LogP contribution in [0.3, 0.4) is 0 Å². The molecule has 0 spiro atoms. The van der Waals surface area contributed by atoms with Crippen molar-refractivity contribution in [2.24, 2.45) is 0 Å². The van der Waals surface area contributed by atoms with E-state index < -0.39 is 8.32 Å². The summed E-state index contributed by atoms with van der Waals surface area (Å²) >= 11 is 0. The van der Waals surface area contributed by atoms with Crippen molar-refractivity contribution in [3.63, 3.8) is 0 Å². The zero-order valence-corrected chi connectivity index (χ0v) is 21.6. The highest BCUT2D eigenvalue weighted by atomic mass is 28.4. The van der Waals surface area contributed by atoms with E-state index in [4.69, 9.17) is 4.43 Å². The summed E-state index contributed by atoms with van der Waals surface area (Å²) in [6.07, 6.45) is 20.1. The molecule has 1 atom stereocenters. The summed E-state index contributed by atoms with van der Waals surface area (Å²) in [6, 6.07) is 0. The van der Waals surface area contributed by atoms with Gasteiger partial charge in [-0.3, -0.25) is 0 Å². The van der Waals surface area contributed by atoms with Crippen molar-refractivity contribution in [1.82, 2.24) is 0 Å². The maximum absolute atomic E-state index is 6.58. The summed E-state index contributed by atoms with van der Waals surface area (Å²) in [7, 11) is -1.73. The standard InChI is InChI=1S/C26H52OSi/c1-8-10-12-13-14-15-16-17-18-19-20-21-22-24-25(23-11-9-2)27-28(6,7)26(3,4)5/h25H,8-21,23H2,1-7H3/t25-/m1/s1. The molecule has 0 rings (SSSR count). The molecular weight excluding hydrogens is 356 g/mol. The molecule has 166 valence electrons. The van der Waals surface area contributed by atoms with Gasteiger partial charge < -0.3 is 4.43 Å². The third kappa shape index (κ3) is 14.7. The van der Waals surface area contributed by atoms with Gasteiger partial charge in [-0.25, -0.2) is 0 Å². The first-order chi connectivity index (χ1) is 13.2. The monoisotopic (exact) mass is 408 g/mol. The molecule has 0 unspecified atom stereocenters. The molecule has 0 aromatic carbocycles. The van der Waals surface area contributed by atoms with E-state index in [1.165, 1.54) is 83.5 Å². The van der Waals surface area contributed by atoms with Gasteiger partial charge in [0, 0.05) is 6.42 Å². The fraction of sp³-hybridized carbons (Fsp3) is 0.923. The second-order valence-electron chi connectivity index (χ2n) is 10.1. The lowest BCUT2D eigenvalue weighted by Gasteiger charge is -2.38. The Morgan fingerprint density at radius 1 is 0.714 bits per heavy atom. The maximum Gasteiger partial charge on any atom is 0.193 e. The van der Waals surface area contributed by atoms with Crippen LogP contribution in [-0.2, 0) is 4.43 Å². The second kappa shape index (κ2) is 16.5. The van der Waals surface area contributed by atoms with Crippen LogP contribution in [0.25, 0.3) is 0 Å². The quantitative estimate of drug-likeness (QED) is 0.140. The van der Waals surface area contributed by atoms with Crippen LogP contribution in [0.5, 0.6) is 0 Å². The van der Waals surface area contributed by atoms with Gasteiger partial charge in [-0.1, -0.05) is 118 Å². The normalized spacial score (nSPS) is 13.2. The van der Waals surface area contributed by atoms with E-state index in [0.29, 0.717) is 0 Å². The number of unbranched alkanes of at least 4 members (excludes halogenated alkanes) is 12. The summed E-state index contributed by atoms with van der Waals surface area (Å²) in [4.78, 5) is 0. The van der Waals surface area contributed by atoms with E-state index in [9.17, 15) is 0 Å². The molecule has 28 heavy (non-hydrogen) atoms. The van der Waals surface area contributed by atoms with Crippen molar-refractivity contribution >= 4 is 8.32 Å². The van der Waals surface area contributed by atoms with Crippen molar-refractivity contribution in [1.29, 1.82) is 0 Å². The van der Waals surface area contributed by atoms with E-state index in [-0.39, 0.29) is 11.1 Å². The fourth-order valence-electron chi connectivity index (χ4n) is 3.15. The minimum absolute atomic E-state index is 0.147. The van der Waals surface area contributed by atoms with Crippen LogP contribution in [0.1, 0.15) is 131 Å². The Labute approximate surface area is 179 Å². The Morgan fingerprint density at radius 3 is 1.64 bits per heavy atom. The first kappa shape index (κ1) is 27.7. The predicted molar refractivity (Wildman–Crippen MR) is 130 cm³/mol. The molecule has 0 amide bonds. The van der Waals surface area contributed by atoms with Gasteiger partial charge in [-0.15, -0.1) is 5.92 Å². The lowest BCUT2D eigenvalue weighted by Crippen LogP contribution is -2.43. The average molecular weight is 409 g/mol. The zero-order valence-electron chi connectivity index (χ0n) is 20.6. The summed E-state index contributed by atoms with van der Waals surface area (Å²) in [5.41, 5.74) is 0. The van der Waals surface area contributed by atoms with Gasteiger partial charge in [0.1, 0.15) is 6.10 Å². The molecule has 0 aliphatic heterocycles. The summed E-state index contributed by atoms with van der Waals surface area (Å²) < 4.78 is 6.58. The lowest BCUT2D eigenvalue weighted by atomic mass is 10.1. The predicted octanol–water partition coefficient (Wildman–Crippen LogP) is 9.27. The van der Waals surface area contributed by atoms with Gasteiger partial charge in [0.25, 0.3) is 0 Å². The molecule has 0 aromatic heterocycles. The van der Waals surface area contributed by atoms with Crippen LogP contribution in [0.15, 0.2) is 0 Å². The minimum atomic E-state index is -1.73. The van der Waals surface area contributed by atoms with Gasteiger partial charge >= 0.3 is 0 Å². The minimum Gasteiger partial charge on any atom is -0.403 e. The van der Waals surface area contributed by atoms with Crippen LogP contribution in [-0.4, -0.2) is 14.4 Å². The Balaban J connectivity index is 3.97. The van der Waals surface area contributed by atoms with E-state index in [2.05, 4.69) is 59.6 Å². The van der Waals surface area contributed by atoms with Gasteiger partial charge in [0.05, 0.1) is 0 Å². The Bertz CT molecular complexity index is 410. The zero-order chi connectivity index (χ0) is 21.3. The molecule has 0 fully saturated rings. The van der Waals surface area contributed by atoms with Gasteiger partial charge in [0.2, 0.25) is 0 Å². The lowest BCUT2D eigenvalue weighted by molar-refractivity contribution is 0.220. The summed E-state index contributed by atoms with van der Waals surface area (Å²) in [5, 5.41) is 0.259. The van der Waals surface area contributed by atoms with Crippen molar-refractivity contribution in [3.05, 3.63) is 0 Å². The highest BCUT2D eigenvalue weighted by Gasteiger charge is 2.38. The molecule has 0 saturated carbocycles. The molecule has 0 aliphatic carbocycles. The summed E-state index contributed by atoms with van der Waals surface area (Å²) in [6.45, 7) is 16.2. The van der Waals surface area contributed by atoms with Crippen molar-refractivity contribution in [2.45, 2.75) is 155 Å². The molecular formula is C26H52OSi. The Hall–Kier alpha value is -0.263. The highest BCUT2D eigenvalue weighted by Crippen LogP contribution is 2.37. The Morgan fingerprint density at radius 2 is 1.18 bits per heavy atom. The fourth-order valence-corrected chi connectivity index (χ4v) is 4.39. The molecule has 0 N–H and O–H groups in total. The molecule has 0 aliphatic rings. The van der Waals surface area contributed by atoms with Gasteiger partial charge in [-0.05, 0) is 31.0 Å². The molecule has 0 heterocycles. The van der Waals surface area contributed by atoms with Gasteiger partial charge in [-0.2, -0.15) is 0 Å². The average Bonchev–Trinajstić information content (AvgIpc) is 2.62. The molecule has 2 heteroatoms. The molecule has 0 saturated heterocycles. The largest absolute Gasteiger partial charge is 0.403 e. The molecule has 0 bridgehead atoms. The molecule has 0 aromatic rings.